The lowest BCUT2D eigenvalue weighted by atomic mass is 10.0. The number of ketones is 1. The van der Waals surface area contributed by atoms with E-state index in [9.17, 15) is 9.90 Å². The van der Waals surface area contributed by atoms with Gasteiger partial charge in [-0.2, -0.15) is 0 Å². The van der Waals surface area contributed by atoms with Crippen LogP contribution >= 0.6 is 0 Å². The van der Waals surface area contributed by atoms with Gasteiger partial charge < -0.3 is 5.11 Å². The smallest absolute Gasteiger partial charge is 0.132 e. The zero-order chi connectivity index (χ0) is 13.6. The van der Waals surface area contributed by atoms with E-state index in [4.69, 9.17) is 0 Å². The molecule has 0 aromatic carbocycles. The van der Waals surface area contributed by atoms with E-state index in [-0.39, 0.29) is 5.78 Å². The molecule has 1 atom stereocenters. The number of Topliss-reactive ketones (excluding diaryl/α,β-unsaturated/α-hetero) is 1. The average molecular weight is 256 g/mol. The minimum absolute atomic E-state index is 0.0922. The van der Waals surface area contributed by atoms with Crippen LogP contribution in [0.3, 0.4) is 0 Å². The molecule has 0 heterocycles. The second kappa shape index (κ2) is 13.1. The van der Waals surface area contributed by atoms with Gasteiger partial charge in [0.25, 0.3) is 0 Å². The Morgan fingerprint density at radius 2 is 1.33 bits per heavy atom. The maximum absolute atomic E-state index is 10.8. The van der Waals surface area contributed by atoms with Gasteiger partial charge in [0.05, 0.1) is 6.10 Å². The van der Waals surface area contributed by atoms with Crippen molar-refractivity contribution < 1.29 is 9.90 Å². The Morgan fingerprint density at radius 1 is 0.889 bits per heavy atom. The molecule has 2 nitrogen and oxygen atoms in total. The zero-order valence-electron chi connectivity index (χ0n) is 12.4. The van der Waals surface area contributed by atoms with Crippen LogP contribution in [0.4, 0.5) is 0 Å². The van der Waals surface area contributed by atoms with Gasteiger partial charge in [-0.3, -0.25) is 4.79 Å². The Kier molecular flexibility index (Phi) is 12.8. The fourth-order valence-electron chi connectivity index (χ4n) is 2.30. The second-order valence-electron chi connectivity index (χ2n) is 5.53. The van der Waals surface area contributed by atoms with Gasteiger partial charge in [0, 0.05) is 6.42 Å². The first-order valence-corrected chi connectivity index (χ1v) is 7.84. The highest BCUT2D eigenvalue weighted by atomic mass is 16.3. The summed E-state index contributed by atoms with van der Waals surface area (Å²) in [7, 11) is 0. The molecule has 0 spiro atoms. The van der Waals surface area contributed by atoms with Crippen LogP contribution in [-0.2, 0) is 4.79 Å². The summed E-state index contributed by atoms with van der Waals surface area (Å²) >= 11 is 0. The predicted octanol–water partition coefficient (Wildman–Crippen LogP) is 4.64. The van der Waals surface area contributed by atoms with Crippen LogP contribution in [0.2, 0.25) is 0 Å². The monoisotopic (exact) mass is 256 g/mol. The largest absolute Gasteiger partial charge is 0.393 e. The second-order valence-corrected chi connectivity index (χ2v) is 5.53. The number of hydrogen-bond donors (Lipinski definition) is 1. The lowest BCUT2D eigenvalue weighted by molar-refractivity contribution is -0.118. The summed E-state index contributed by atoms with van der Waals surface area (Å²) in [6, 6.07) is 0. The van der Waals surface area contributed by atoms with Crippen molar-refractivity contribution in [2.24, 2.45) is 0 Å². The van der Waals surface area contributed by atoms with E-state index in [2.05, 4.69) is 6.92 Å². The van der Waals surface area contributed by atoms with Crippen LogP contribution in [0.1, 0.15) is 90.9 Å². The van der Waals surface area contributed by atoms with E-state index in [1.807, 2.05) is 0 Å². The summed E-state index contributed by atoms with van der Waals surface area (Å²) in [5.74, 6) is 0.0922. The Bertz CT molecular complexity index is 190. The van der Waals surface area contributed by atoms with Crippen LogP contribution in [0.5, 0.6) is 0 Å². The topological polar surface area (TPSA) is 37.3 Å². The molecule has 0 amide bonds. The Labute approximate surface area is 113 Å². The van der Waals surface area contributed by atoms with Gasteiger partial charge in [-0.05, 0) is 13.3 Å². The number of aliphatic hydroxyl groups excluding tert-OH is 1. The Morgan fingerprint density at radius 3 is 1.78 bits per heavy atom. The van der Waals surface area contributed by atoms with Crippen molar-refractivity contribution in [3.63, 3.8) is 0 Å². The molecule has 0 bridgehead atoms. The number of hydrogen-bond acceptors (Lipinski definition) is 2. The van der Waals surface area contributed by atoms with Crippen molar-refractivity contribution >= 4 is 5.78 Å². The standard InChI is InChI=1S/C16H32O2/c1-3-4-5-6-7-8-9-10-11-12-13-16(18)14-15(2)17/h16,18H,3-14H2,1-2H3. The van der Waals surface area contributed by atoms with E-state index >= 15 is 0 Å². The Hall–Kier alpha value is -0.370. The third-order valence-corrected chi connectivity index (χ3v) is 3.41. The van der Waals surface area contributed by atoms with E-state index in [0.29, 0.717) is 6.42 Å². The maximum Gasteiger partial charge on any atom is 0.132 e. The minimum Gasteiger partial charge on any atom is -0.393 e. The number of unbranched alkanes of at least 4 members (excludes halogenated alkanes) is 9. The Balaban J connectivity index is 3.09. The van der Waals surface area contributed by atoms with Gasteiger partial charge in [-0.15, -0.1) is 0 Å². The molecular weight excluding hydrogens is 224 g/mol. The average Bonchev–Trinajstić information content (AvgIpc) is 2.30. The predicted molar refractivity (Wildman–Crippen MR) is 77.8 cm³/mol. The molecule has 108 valence electrons. The first-order valence-electron chi connectivity index (χ1n) is 7.84. The van der Waals surface area contributed by atoms with E-state index < -0.39 is 6.10 Å². The van der Waals surface area contributed by atoms with Crippen molar-refractivity contribution in [1.82, 2.24) is 0 Å². The SMILES string of the molecule is CCCCCCCCCCCCC(O)CC(C)=O. The fourth-order valence-corrected chi connectivity index (χ4v) is 2.30. The maximum atomic E-state index is 10.8. The highest BCUT2D eigenvalue weighted by molar-refractivity contribution is 5.75. The molecule has 1 N–H and O–H groups in total. The third kappa shape index (κ3) is 13.7. The highest BCUT2D eigenvalue weighted by Gasteiger charge is 2.06. The minimum atomic E-state index is -0.406. The zero-order valence-corrected chi connectivity index (χ0v) is 12.4. The summed E-state index contributed by atoms with van der Waals surface area (Å²) in [5.41, 5.74) is 0. The van der Waals surface area contributed by atoms with Gasteiger partial charge in [0.1, 0.15) is 5.78 Å². The van der Waals surface area contributed by atoms with Crippen molar-refractivity contribution in [3.05, 3.63) is 0 Å². The van der Waals surface area contributed by atoms with Crippen LogP contribution in [0.25, 0.3) is 0 Å². The van der Waals surface area contributed by atoms with Gasteiger partial charge in [0.15, 0.2) is 0 Å². The van der Waals surface area contributed by atoms with Gasteiger partial charge in [-0.25, -0.2) is 0 Å². The molecule has 2 heteroatoms. The molecule has 0 saturated carbocycles. The van der Waals surface area contributed by atoms with E-state index in [1.54, 1.807) is 6.92 Å². The van der Waals surface area contributed by atoms with Gasteiger partial charge >= 0.3 is 0 Å². The molecule has 0 saturated heterocycles. The van der Waals surface area contributed by atoms with Crippen molar-refractivity contribution in [2.75, 3.05) is 0 Å². The molecule has 0 radical (unpaired) electrons. The lowest BCUT2D eigenvalue weighted by Crippen LogP contribution is -2.10. The molecule has 0 aromatic heterocycles. The van der Waals surface area contributed by atoms with E-state index in [0.717, 1.165) is 12.8 Å². The van der Waals surface area contributed by atoms with Crippen molar-refractivity contribution in [1.29, 1.82) is 0 Å². The summed E-state index contributed by atoms with van der Waals surface area (Å²) in [6.07, 6.45) is 13.8. The molecule has 0 aliphatic heterocycles. The van der Waals surface area contributed by atoms with Crippen LogP contribution < -0.4 is 0 Å². The van der Waals surface area contributed by atoms with Gasteiger partial charge in [-0.1, -0.05) is 71.1 Å². The summed E-state index contributed by atoms with van der Waals surface area (Å²) in [4.78, 5) is 10.8. The molecule has 1 unspecified atom stereocenters. The van der Waals surface area contributed by atoms with Crippen LogP contribution in [0, 0.1) is 0 Å². The highest BCUT2D eigenvalue weighted by Crippen LogP contribution is 2.12. The summed E-state index contributed by atoms with van der Waals surface area (Å²) in [5, 5.41) is 9.52. The number of carbonyl (C=O) groups excluding carboxylic acids is 1. The molecule has 0 aromatic rings. The summed E-state index contributed by atoms with van der Waals surface area (Å²) < 4.78 is 0. The lowest BCUT2D eigenvalue weighted by Gasteiger charge is -2.07. The van der Waals surface area contributed by atoms with Crippen LogP contribution in [-0.4, -0.2) is 17.0 Å². The van der Waals surface area contributed by atoms with Crippen LogP contribution in [0.15, 0.2) is 0 Å². The van der Waals surface area contributed by atoms with E-state index in [1.165, 1.54) is 57.8 Å². The molecule has 0 rings (SSSR count). The molecular formula is C16H32O2. The first-order chi connectivity index (χ1) is 8.66. The normalized spacial score (nSPS) is 12.6. The number of carbonyl (C=O) groups is 1. The summed E-state index contributed by atoms with van der Waals surface area (Å²) in [6.45, 7) is 3.79. The quantitative estimate of drug-likeness (QED) is 0.487. The number of rotatable bonds is 13. The fraction of sp³-hybridized carbons (Fsp3) is 0.938. The first kappa shape index (κ1) is 17.6. The molecule has 0 fully saturated rings. The van der Waals surface area contributed by atoms with Crippen molar-refractivity contribution in [3.8, 4) is 0 Å². The molecule has 0 aliphatic rings. The molecule has 0 aliphatic carbocycles. The molecule has 18 heavy (non-hydrogen) atoms. The number of aliphatic hydroxyl groups is 1. The van der Waals surface area contributed by atoms with Gasteiger partial charge in [0.2, 0.25) is 0 Å². The van der Waals surface area contributed by atoms with Crippen molar-refractivity contribution in [2.45, 2.75) is 97.0 Å². The third-order valence-electron chi connectivity index (χ3n) is 3.41.